The highest BCUT2D eigenvalue weighted by Crippen LogP contribution is 2.42. The summed E-state index contributed by atoms with van der Waals surface area (Å²) >= 11 is 0. The lowest BCUT2D eigenvalue weighted by Gasteiger charge is -2.23. The van der Waals surface area contributed by atoms with Crippen LogP contribution in [0.5, 0.6) is 11.5 Å². The molecule has 1 atom stereocenters. The molecule has 10 nitrogen and oxygen atoms in total. The van der Waals surface area contributed by atoms with Crippen molar-refractivity contribution in [3.05, 3.63) is 43.1 Å². The van der Waals surface area contributed by atoms with E-state index in [1.54, 1.807) is 22.9 Å². The predicted octanol–water partition coefficient (Wildman–Crippen LogP) is 3.43. The number of ether oxygens (including phenoxy) is 2. The molecule has 12 heteroatoms. The maximum absolute atomic E-state index is 13.3. The Hall–Kier alpha value is -3.93. The molecule has 33 heavy (non-hydrogen) atoms. The number of aromatic nitrogens is 4. The molecule has 0 bridgehead atoms. The van der Waals surface area contributed by atoms with Crippen LogP contribution >= 0.6 is 0 Å². The lowest BCUT2D eigenvalue weighted by Crippen LogP contribution is -2.33. The number of hydrogen-bond donors (Lipinski definition) is 2. The number of alkyl halides is 2. The Morgan fingerprint density at radius 2 is 2.06 bits per heavy atom. The van der Waals surface area contributed by atoms with E-state index in [9.17, 15) is 13.9 Å². The molecule has 170 valence electrons. The third kappa shape index (κ3) is 3.48. The van der Waals surface area contributed by atoms with Crippen molar-refractivity contribution in [1.29, 1.82) is 0 Å². The van der Waals surface area contributed by atoms with Gasteiger partial charge in [0.1, 0.15) is 17.7 Å². The normalized spacial score (nSPS) is 18.9. The van der Waals surface area contributed by atoms with Crippen LogP contribution in [0.15, 0.2) is 47.5 Å². The zero-order valence-electron chi connectivity index (χ0n) is 17.1. The third-order valence-corrected chi connectivity index (χ3v) is 5.65. The number of halogens is 2. The number of fused-ring (bicyclic) bond motifs is 2. The zero-order chi connectivity index (χ0) is 22.6. The van der Waals surface area contributed by atoms with Crippen LogP contribution < -0.4 is 19.7 Å². The minimum absolute atomic E-state index is 0.0280. The van der Waals surface area contributed by atoms with Gasteiger partial charge in [-0.3, -0.25) is 0 Å². The first-order valence-electron chi connectivity index (χ1n) is 10.3. The zero-order valence-corrected chi connectivity index (χ0v) is 17.1. The lowest BCUT2D eigenvalue weighted by atomic mass is 10.2. The highest BCUT2D eigenvalue weighted by atomic mass is 19.3. The Morgan fingerprint density at radius 3 is 2.94 bits per heavy atom. The van der Waals surface area contributed by atoms with Crippen molar-refractivity contribution in [2.45, 2.75) is 25.2 Å². The number of benzene rings is 1. The number of imidazole rings is 1. The molecule has 0 amide bonds. The fourth-order valence-corrected chi connectivity index (χ4v) is 4.10. The Balaban J connectivity index is 1.30. The number of nitrogens with one attached hydrogen (secondary N) is 1. The van der Waals surface area contributed by atoms with Gasteiger partial charge in [-0.1, -0.05) is 0 Å². The van der Waals surface area contributed by atoms with E-state index >= 15 is 0 Å². The third-order valence-electron chi connectivity index (χ3n) is 5.65. The van der Waals surface area contributed by atoms with Gasteiger partial charge >= 0.3 is 6.29 Å². The summed E-state index contributed by atoms with van der Waals surface area (Å²) in [7, 11) is 0. The van der Waals surface area contributed by atoms with Crippen molar-refractivity contribution in [1.82, 2.24) is 19.5 Å². The number of aliphatic hydroxyl groups is 1. The molecule has 0 radical (unpaired) electrons. The summed E-state index contributed by atoms with van der Waals surface area (Å²) < 4.78 is 42.8. The molecule has 1 unspecified atom stereocenters. The number of rotatable bonds is 5. The summed E-state index contributed by atoms with van der Waals surface area (Å²) in [4.78, 5) is 15.5. The van der Waals surface area contributed by atoms with Gasteiger partial charge in [-0.2, -0.15) is 4.98 Å². The minimum atomic E-state index is -3.67. The molecule has 1 fully saturated rings. The van der Waals surface area contributed by atoms with Crippen LogP contribution in [0, 0.1) is 0 Å². The minimum Gasteiger partial charge on any atom is -0.459 e. The molecular weight excluding hydrogens is 438 g/mol. The fraction of sp³-hybridized carbons (Fsp3) is 0.286. The lowest BCUT2D eigenvalue weighted by molar-refractivity contribution is -0.286. The van der Waals surface area contributed by atoms with Crippen LogP contribution in [0.1, 0.15) is 12.8 Å². The van der Waals surface area contributed by atoms with E-state index in [0.717, 1.165) is 19.4 Å². The summed E-state index contributed by atoms with van der Waals surface area (Å²) in [5, 5.41) is 12.8. The standard InChI is InChI=1S/C21H18F2N6O4/c22-21(23)32-15-4-3-12(8-16(15)33-21)28-9-17(24-11-28)26-19-18-14(5-7-31-18)25-20(27-19)29-6-1-2-13(29)10-30/h3-5,7-9,11,13,30H,1-2,6,10H2,(H,25,26,27). The molecule has 0 spiro atoms. The first-order chi connectivity index (χ1) is 16.0. The molecule has 2 N–H and O–H groups in total. The first-order valence-corrected chi connectivity index (χ1v) is 10.3. The van der Waals surface area contributed by atoms with Gasteiger partial charge < -0.3 is 33.8 Å². The molecule has 2 aliphatic rings. The molecule has 2 aliphatic heterocycles. The van der Waals surface area contributed by atoms with Crippen molar-refractivity contribution in [2.75, 3.05) is 23.4 Å². The SMILES string of the molecule is OCC1CCCN1c1nc(Nc2cn(-c3ccc4c(c3)OC(F)(F)O4)cn2)c2occc2n1. The van der Waals surface area contributed by atoms with Crippen molar-refractivity contribution in [3.8, 4) is 17.2 Å². The highest BCUT2D eigenvalue weighted by Gasteiger charge is 2.43. The molecule has 1 saturated heterocycles. The fourth-order valence-electron chi connectivity index (χ4n) is 4.10. The van der Waals surface area contributed by atoms with Gasteiger partial charge in [-0.15, -0.1) is 8.78 Å². The second-order valence-corrected chi connectivity index (χ2v) is 7.77. The summed E-state index contributed by atoms with van der Waals surface area (Å²) in [6.07, 6.45) is 2.89. The predicted molar refractivity (Wildman–Crippen MR) is 112 cm³/mol. The van der Waals surface area contributed by atoms with Crippen LogP contribution in [0.2, 0.25) is 0 Å². The molecule has 1 aromatic carbocycles. The Bertz CT molecular complexity index is 1340. The second kappa shape index (κ2) is 7.30. The average Bonchev–Trinajstić information content (AvgIpc) is 3.57. The van der Waals surface area contributed by atoms with Crippen LogP contribution in [-0.2, 0) is 0 Å². The van der Waals surface area contributed by atoms with Gasteiger partial charge in [0.15, 0.2) is 22.9 Å². The monoisotopic (exact) mass is 456 g/mol. The Kier molecular flexibility index (Phi) is 4.37. The quantitative estimate of drug-likeness (QED) is 0.467. The highest BCUT2D eigenvalue weighted by molar-refractivity contribution is 5.86. The number of furan rings is 1. The maximum Gasteiger partial charge on any atom is 0.586 e. The molecule has 5 heterocycles. The summed E-state index contributed by atoms with van der Waals surface area (Å²) in [5.41, 5.74) is 1.66. The Morgan fingerprint density at radius 1 is 1.18 bits per heavy atom. The van der Waals surface area contributed by atoms with E-state index in [1.807, 2.05) is 4.90 Å². The van der Waals surface area contributed by atoms with Crippen LogP contribution in [0.25, 0.3) is 16.8 Å². The van der Waals surface area contributed by atoms with Gasteiger partial charge in [-0.25, -0.2) is 9.97 Å². The van der Waals surface area contributed by atoms with Crippen LogP contribution in [0.4, 0.5) is 26.4 Å². The summed E-state index contributed by atoms with van der Waals surface area (Å²) in [5.74, 6) is 1.31. The van der Waals surface area contributed by atoms with E-state index in [4.69, 9.17) is 4.42 Å². The van der Waals surface area contributed by atoms with Gasteiger partial charge in [0, 0.05) is 18.7 Å². The molecule has 0 saturated carbocycles. The smallest absolute Gasteiger partial charge is 0.459 e. The van der Waals surface area contributed by atoms with Crippen LogP contribution in [0.3, 0.4) is 0 Å². The number of aliphatic hydroxyl groups excluding tert-OH is 1. The molecule has 4 aromatic rings. The van der Waals surface area contributed by atoms with Crippen molar-refractivity contribution < 1.29 is 27.8 Å². The molecule has 6 rings (SSSR count). The largest absolute Gasteiger partial charge is 0.586 e. The summed E-state index contributed by atoms with van der Waals surface area (Å²) in [6.45, 7) is 0.785. The van der Waals surface area contributed by atoms with Gasteiger partial charge in [0.25, 0.3) is 0 Å². The van der Waals surface area contributed by atoms with Crippen molar-refractivity contribution in [3.63, 3.8) is 0 Å². The maximum atomic E-state index is 13.3. The number of hydrogen-bond acceptors (Lipinski definition) is 9. The van der Waals surface area contributed by atoms with E-state index in [1.165, 1.54) is 24.7 Å². The number of nitrogens with zero attached hydrogens (tertiary/aromatic N) is 5. The van der Waals surface area contributed by atoms with E-state index < -0.39 is 6.29 Å². The van der Waals surface area contributed by atoms with E-state index in [2.05, 4.69) is 29.7 Å². The average molecular weight is 456 g/mol. The summed E-state index contributed by atoms with van der Waals surface area (Å²) in [6, 6.07) is 6.19. The van der Waals surface area contributed by atoms with E-state index in [-0.39, 0.29) is 24.1 Å². The molecule has 0 aliphatic carbocycles. The number of anilines is 3. The Labute approximate surface area is 185 Å². The molecule has 3 aromatic heterocycles. The van der Waals surface area contributed by atoms with Crippen molar-refractivity contribution >= 4 is 28.7 Å². The van der Waals surface area contributed by atoms with Crippen LogP contribution in [-0.4, -0.2) is 50.1 Å². The topological polar surface area (TPSA) is 111 Å². The first kappa shape index (κ1) is 19.7. The van der Waals surface area contributed by atoms with E-state index in [0.29, 0.717) is 34.4 Å². The van der Waals surface area contributed by atoms with Gasteiger partial charge in [0.2, 0.25) is 5.95 Å². The molecular formula is C21H18F2N6O4. The van der Waals surface area contributed by atoms with Crippen molar-refractivity contribution in [2.24, 2.45) is 0 Å². The second-order valence-electron chi connectivity index (χ2n) is 7.77. The van der Waals surface area contributed by atoms with Gasteiger partial charge in [-0.05, 0) is 25.0 Å². The van der Waals surface area contributed by atoms with Gasteiger partial charge in [0.05, 0.1) is 30.8 Å².